The Morgan fingerprint density at radius 3 is 1.46 bits per heavy atom. The third kappa shape index (κ3) is 20.3. The number of thioether (sulfide) groups is 1. The monoisotopic (exact) mass is 970 g/mol. The normalized spacial score (nSPS) is 14.5. The van der Waals surface area contributed by atoms with Crippen molar-refractivity contribution in [2.24, 2.45) is 23.7 Å². The van der Waals surface area contributed by atoms with Crippen LogP contribution in [0.4, 0.5) is 4.79 Å². The number of aliphatic hydroxyl groups excluding tert-OH is 1. The van der Waals surface area contributed by atoms with Crippen LogP contribution in [0.25, 0.3) is 0 Å². The Bertz CT molecular complexity index is 1650. The molecular weight excluding hydrogens is 883 g/mol. The highest BCUT2D eigenvalue weighted by molar-refractivity contribution is 7.99. The fraction of sp³-hybridized carbons (Fsp3) is 0.809. The molecule has 0 aliphatic rings. The van der Waals surface area contributed by atoms with Crippen LogP contribution in [0.1, 0.15) is 121 Å². The zero-order valence-corrected chi connectivity index (χ0v) is 44.5. The third-order valence-electron chi connectivity index (χ3n) is 11.6. The van der Waals surface area contributed by atoms with Gasteiger partial charge in [-0.25, -0.2) is 4.79 Å². The number of rotatable bonds is 29. The van der Waals surface area contributed by atoms with E-state index >= 15 is 0 Å². The summed E-state index contributed by atoms with van der Waals surface area (Å²) in [5.74, 6) is -3.88. The molecule has 0 radical (unpaired) electrons. The molecule has 0 aromatic heterocycles. The molecule has 0 spiro atoms. The van der Waals surface area contributed by atoms with Crippen LogP contribution in [0.15, 0.2) is 0 Å². The molecule has 0 aliphatic heterocycles. The zero-order chi connectivity index (χ0) is 52.0. The molecule has 0 aliphatic carbocycles. The van der Waals surface area contributed by atoms with Crippen molar-refractivity contribution in [1.29, 1.82) is 0 Å². The van der Waals surface area contributed by atoms with Crippen molar-refractivity contribution >= 4 is 65.1 Å². The van der Waals surface area contributed by atoms with E-state index in [0.717, 1.165) is 11.3 Å². The van der Waals surface area contributed by atoms with Gasteiger partial charge in [-0.2, -0.15) is 11.8 Å². The van der Waals surface area contributed by atoms with E-state index in [2.05, 4.69) is 21.3 Å². The van der Waals surface area contributed by atoms with Crippen LogP contribution < -0.4 is 21.3 Å². The minimum Gasteiger partial charge on any atom is -0.396 e. The number of urea groups is 1. The van der Waals surface area contributed by atoms with Crippen molar-refractivity contribution in [3.63, 3.8) is 0 Å². The van der Waals surface area contributed by atoms with Crippen molar-refractivity contribution in [3.05, 3.63) is 0 Å². The van der Waals surface area contributed by atoms with Gasteiger partial charge in [-0.15, -0.1) is 0 Å². The number of nitrogens with one attached hydrogen (secondary N) is 4. The van der Waals surface area contributed by atoms with Crippen molar-refractivity contribution in [3.8, 4) is 0 Å². The summed E-state index contributed by atoms with van der Waals surface area (Å²) in [5, 5.41) is 19.8. The van der Waals surface area contributed by atoms with E-state index in [1.807, 2.05) is 48.5 Å². The predicted molar refractivity (Wildman–Crippen MR) is 262 cm³/mol. The number of unbranched alkanes of at least 4 members (excludes halogenated alkanes) is 1. The molecule has 0 rings (SSSR count). The average Bonchev–Trinajstić information content (AvgIpc) is 3.26. The summed E-state index contributed by atoms with van der Waals surface area (Å²) in [7, 11) is 8.70. The lowest BCUT2D eigenvalue weighted by molar-refractivity contribution is -0.148. The van der Waals surface area contributed by atoms with Crippen LogP contribution in [-0.4, -0.2) is 186 Å². The quantitative estimate of drug-likeness (QED) is 0.0684. The molecule has 20 heteroatoms. The highest BCUT2D eigenvalue weighted by Gasteiger charge is 2.40. The number of nitrogens with zero attached hydrogens (tertiary/aromatic N) is 5. The second kappa shape index (κ2) is 30.8. The Morgan fingerprint density at radius 1 is 0.537 bits per heavy atom. The maximum absolute atomic E-state index is 14.4. The van der Waals surface area contributed by atoms with Crippen LogP contribution in [0, 0.1) is 23.7 Å². The Labute approximate surface area is 405 Å². The average molecular weight is 970 g/mol. The molecule has 19 nitrogen and oxygen atoms in total. The minimum atomic E-state index is -1.16. The van der Waals surface area contributed by atoms with E-state index in [1.165, 1.54) is 80.4 Å². The minimum absolute atomic E-state index is 0.0181. The lowest BCUT2D eigenvalue weighted by atomic mass is 9.96. The lowest BCUT2D eigenvalue weighted by Crippen LogP contribution is -2.61. The summed E-state index contributed by atoms with van der Waals surface area (Å²) >= 11 is 1.49. The number of likely N-dealkylation sites (N-methyl/N-ethyl adjacent to an activating group) is 5. The van der Waals surface area contributed by atoms with Crippen LogP contribution >= 0.6 is 11.8 Å². The van der Waals surface area contributed by atoms with Crippen LogP contribution in [-0.2, 0) is 38.4 Å². The highest BCUT2D eigenvalue weighted by atomic mass is 32.2. The standard InChI is InChI=1S/C47H87N9O10S/c1-18-21-38(58)52(13)37(27-67-23-20-19-22-57)45(64)53(14)35(25-29(4)5)42(61)51-39(31(8)9)46(65)54(15)34(24-28(2)3)41(60)49-32(10)40(59)50-33(11)43(62)55(16)36(26-30(6)7)44(63)56(17)47(66)48-12/h28-37,39,57H,18-27H2,1-17H3,(H,48,66)(H,49,60)(H,50,59)(H,51,61)/t32-,33?,34+,35+,36+,37-,39+/m1/s1. The van der Waals surface area contributed by atoms with Gasteiger partial charge in [0.25, 0.3) is 5.91 Å². The summed E-state index contributed by atoms with van der Waals surface area (Å²) in [4.78, 5) is 129. The summed E-state index contributed by atoms with van der Waals surface area (Å²) in [5.41, 5.74) is 0. The number of imide groups is 1. The molecule has 386 valence electrons. The largest absolute Gasteiger partial charge is 0.396 e. The highest BCUT2D eigenvalue weighted by Crippen LogP contribution is 2.21. The Morgan fingerprint density at radius 2 is 1.00 bits per heavy atom. The first kappa shape index (κ1) is 62.5. The van der Waals surface area contributed by atoms with Crippen molar-refractivity contribution in [2.45, 2.75) is 163 Å². The van der Waals surface area contributed by atoms with Gasteiger partial charge >= 0.3 is 6.03 Å². The van der Waals surface area contributed by atoms with Gasteiger partial charge in [-0.3, -0.25) is 43.3 Å². The van der Waals surface area contributed by atoms with Gasteiger partial charge in [-0.1, -0.05) is 62.3 Å². The fourth-order valence-electron chi connectivity index (χ4n) is 7.32. The maximum atomic E-state index is 14.4. The molecule has 0 aromatic carbocycles. The van der Waals surface area contributed by atoms with Crippen molar-refractivity contribution < 1.29 is 48.3 Å². The molecule has 10 amide bonds. The van der Waals surface area contributed by atoms with Crippen LogP contribution in [0.3, 0.4) is 0 Å². The van der Waals surface area contributed by atoms with Crippen molar-refractivity contribution in [1.82, 2.24) is 45.8 Å². The molecular formula is C47H87N9O10S. The van der Waals surface area contributed by atoms with E-state index in [4.69, 9.17) is 0 Å². The topological polar surface area (TPSA) is 238 Å². The first-order valence-electron chi connectivity index (χ1n) is 23.8. The second-order valence-corrected chi connectivity index (χ2v) is 20.4. The van der Waals surface area contributed by atoms with Gasteiger partial charge < -0.3 is 46.0 Å². The molecule has 0 saturated heterocycles. The molecule has 7 atom stereocenters. The summed E-state index contributed by atoms with van der Waals surface area (Å²) in [6, 6.07) is -7.97. The summed E-state index contributed by atoms with van der Waals surface area (Å²) in [6.07, 6.45) is 2.92. The number of carbonyl (C=O) groups excluding carboxylic acids is 9. The maximum Gasteiger partial charge on any atom is 0.323 e. The van der Waals surface area contributed by atoms with Crippen LogP contribution in [0.5, 0.6) is 0 Å². The first-order valence-corrected chi connectivity index (χ1v) is 24.9. The summed E-state index contributed by atoms with van der Waals surface area (Å²) in [6.45, 7) is 19.7. The molecule has 0 bridgehead atoms. The number of hydrogen-bond donors (Lipinski definition) is 5. The van der Waals surface area contributed by atoms with Crippen LogP contribution in [0.2, 0.25) is 0 Å². The van der Waals surface area contributed by atoms with Gasteiger partial charge in [0.1, 0.15) is 42.3 Å². The lowest BCUT2D eigenvalue weighted by Gasteiger charge is -2.37. The number of hydrogen-bond acceptors (Lipinski definition) is 11. The SMILES string of the molecule is CCCC(=O)N(C)[C@H](CSCCCCO)C(=O)N(C)[C@@H](CC(C)C)C(=O)N[C@H](C(=O)N(C)[C@@H](CC(C)C)C(=O)N[C@H](C)C(=O)NC(C)C(=O)N(C)[C@@H](CC(C)C)C(=O)N(C)C(=O)NC)C(C)C. The fourth-order valence-corrected chi connectivity index (χ4v) is 8.48. The molecule has 5 N–H and O–H groups in total. The third-order valence-corrected chi connectivity index (χ3v) is 12.7. The zero-order valence-electron chi connectivity index (χ0n) is 43.7. The van der Waals surface area contributed by atoms with Crippen molar-refractivity contribution in [2.75, 3.05) is 60.4 Å². The number of aliphatic hydroxyl groups is 1. The second-order valence-electron chi connectivity index (χ2n) is 19.2. The van der Waals surface area contributed by atoms with E-state index in [9.17, 15) is 48.3 Å². The Balaban J connectivity index is 6.41. The number of carbonyl (C=O) groups is 9. The van der Waals surface area contributed by atoms with Gasteiger partial charge in [-0.05, 0) is 81.8 Å². The molecule has 1 unspecified atom stereocenters. The summed E-state index contributed by atoms with van der Waals surface area (Å²) < 4.78 is 0. The van der Waals surface area contributed by atoms with E-state index in [1.54, 1.807) is 20.9 Å². The molecule has 0 saturated carbocycles. The van der Waals surface area contributed by atoms with Gasteiger partial charge in [0.2, 0.25) is 41.4 Å². The predicted octanol–water partition coefficient (Wildman–Crippen LogP) is 2.69. The van der Waals surface area contributed by atoms with E-state index < -0.39 is 95.6 Å². The van der Waals surface area contributed by atoms with Gasteiger partial charge in [0.15, 0.2) is 0 Å². The van der Waals surface area contributed by atoms with E-state index in [0.29, 0.717) is 24.3 Å². The molecule has 67 heavy (non-hydrogen) atoms. The molecule has 0 heterocycles. The van der Waals surface area contributed by atoms with Gasteiger partial charge in [0.05, 0.1) is 0 Å². The van der Waals surface area contributed by atoms with Gasteiger partial charge in [0, 0.05) is 61.1 Å². The Hall–Kier alpha value is -4.46. The van der Waals surface area contributed by atoms with E-state index in [-0.39, 0.29) is 56.0 Å². The molecule has 0 aromatic rings. The molecule has 0 fully saturated rings. The Kier molecular flexibility index (Phi) is 28.8. The number of amides is 10. The first-order chi connectivity index (χ1) is 31.1. The smallest absolute Gasteiger partial charge is 0.323 e.